The van der Waals surface area contributed by atoms with Gasteiger partial charge in [-0.05, 0) is 91.3 Å². The molecule has 0 aromatic carbocycles. The Hall–Kier alpha value is -0.600. The van der Waals surface area contributed by atoms with E-state index in [-0.39, 0.29) is 17.6 Å². The maximum absolute atomic E-state index is 11.2. The monoisotopic (exact) mass is 386 g/mol. The molecule has 158 valence electrons. The van der Waals surface area contributed by atoms with Crippen LogP contribution in [0, 0.1) is 46.3 Å². The second kappa shape index (κ2) is 7.27. The van der Waals surface area contributed by atoms with Gasteiger partial charge in [-0.2, -0.15) is 0 Å². The summed E-state index contributed by atoms with van der Waals surface area (Å²) in [5.74, 6) is 3.63. The van der Waals surface area contributed by atoms with Crippen LogP contribution in [-0.2, 0) is 0 Å². The fraction of sp³-hybridized carbons (Fsp3) is 0.846. The van der Waals surface area contributed by atoms with E-state index in [1.54, 1.807) is 0 Å². The van der Waals surface area contributed by atoms with Gasteiger partial charge in [0.1, 0.15) is 0 Å². The highest BCUT2D eigenvalue weighted by molar-refractivity contribution is 5.28. The molecule has 9 atom stereocenters. The van der Waals surface area contributed by atoms with E-state index < -0.39 is 0 Å². The van der Waals surface area contributed by atoms with Crippen LogP contribution in [-0.4, -0.2) is 22.4 Å². The second-order valence-electron chi connectivity index (χ2n) is 11.5. The molecule has 0 aliphatic heterocycles. The summed E-state index contributed by atoms with van der Waals surface area (Å²) in [6.45, 7) is 11.9. The zero-order chi connectivity index (χ0) is 20.3. The molecular formula is C26H42O2. The minimum atomic E-state index is -0.316. The first-order chi connectivity index (χ1) is 13.2. The minimum Gasteiger partial charge on any atom is -0.393 e. The van der Waals surface area contributed by atoms with E-state index >= 15 is 0 Å². The molecule has 4 aliphatic rings. The Kier molecular flexibility index (Phi) is 5.37. The predicted molar refractivity (Wildman–Crippen MR) is 116 cm³/mol. The van der Waals surface area contributed by atoms with Gasteiger partial charge in [-0.3, -0.25) is 0 Å². The molecule has 0 aromatic heterocycles. The van der Waals surface area contributed by atoms with Crippen LogP contribution < -0.4 is 0 Å². The molecule has 0 saturated heterocycles. The molecule has 0 bridgehead atoms. The third kappa shape index (κ3) is 3.14. The lowest BCUT2D eigenvalue weighted by molar-refractivity contribution is -0.0950. The third-order valence-corrected chi connectivity index (χ3v) is 9.61. The van der Waals surface area contributed by atoms with E-state index in [1.807, 2.05) is 0 Å². The highest BCUT2D eigenvalue weighted by Crippen LogP contribution is 2.67. The van der Waals surface area contributed by atoms with Gasteiger partial charge in [-0.1, -0.05) is 58.4 Å². The molecule has 0 aromatic rings. The van der Waals surface area contributed by atoms with E-state index in [2.05, 4.69) is 52.8 Å². The minimum absolute atomic E-state index is 0.200. The average molecular weight is 387 g/mol. The summed E-state index contributed by atoms with van der Waals surface area (Å²) in [5, 5.41) is 21.4. The molecule has 0 radical (unpaired) electrons. The second-order valence-corrected chi connectivity index (χ2v) is 11.5. The summed E-state index contributed by atoms with van der Waals surface area (Å²) in [6.07, 6.45) is 14.4. The van der Waals surface area contributed by atoms with Gasteiger partial charge in [-0.15, -0.1) is 0 Å². The number of aliphatic hydroxyl groups excluding tert-OH is 2. The van der Waals surface area contributed by atoms with Gasteiger partial charge in [0.25, 0.3) is 0 Å². The summed E-state index contributed by atoms with van der Waals surface area (Å²) in [5.41, 5.74) is 1.91. The van der Waals surface area contributed by atoms with E-state index in [9.17, 15) is 10.2 Å². The summed E-state index contributed by atoms with van der Waals surface area (Å²) < 4.78 is 0. The Labute approximate surface area is 172 Å². The Morgan fingerprint density at radius 3 is 2.43 bits per heavy atom. The first-order valence-electron chi connectivity index (χ1n) is 11.9. The Bertz CT molecular complexity index is 649. The summed E-state index contributed by atoms with van der Waals surface area (Å²) in [6, 6.07) is 0. The number of rotatable bonds is 3. The van der Waals surface area contributed by atoms with Crippen LogP contribution in [0.2, 0.25) is 0 Å². The quantitative estimate of drug-likeness (QED) is 0.607. The summed E-state index contributed by atoms with van der Waals surface area (Å²) in [4.78, 5) is 0. The number of hydrogen-bond donors (Lipinski definition) is 2. The fourth-order valence-corrected chi connectivity index (χ4v) is 8.07. The molecule has 3 fully saturated rings. The van der Waals surface area contributed by atoms with Gasteiger partial charge < -0.3 is 10.2 Å². The fourth-order valence-electron chi connectivity index (χ4n) is 8.07. The molecule has 4 aliphatic carbocycles. The van der Waals surface area contributed by atoms with Gasteiger partial charge in [-0.25, -0.2) is 0 Å². The van der Waals surface area contributed by atoms with Crippen molar-refractivity contribution in [1.82, 2.24) is 0 Å². The van der Waals surface area contributed by atoms with Gasteiger partial charge >= 0.3 is 0 Å². The van der Waals surface area contributed by atoms with Crippen LogP contribution in [0.25, 0.3) is 0 Å². The zero-order valence-corrected chi connectivity index (χ0v) is 18.7. The predicted octanol–water partition coefficient (Wildman–Crippen LogP) is 5.75. The topological polar surface area (TPSA) is 40.5 Å². The largest absolute Gasteiger partial charge is 0.393 e. The number of aliphatic hydroxyl groups is 2. The molecule has 28 heavy (non-hydrogen) atoms. The van der Waals surface area contributed by atoms with Gasteiger partial charge in [0, 0.05) is 0 Å². The molecular weight excluding hydrogens is 344 g/mol. The molecule has 0 unspecified atom stereocenters. The molecule has 0 amide bonds. The molecule has 0 spiro atoms. The Morgan fingerprint density at radius 1 is 0.964 bits per heavy atom. The molecule has 2 N–H and O–H groups in total. The van der Waals surface area contributed by atoms with Gasteiger partial charge in [0.15, 0.2) is 0 Å². The molecule has 4 rings (SSSR count). The first-order valence-corrected chi connectivity index (χ1v) is 11.9. The van der Waals surface area contributed by atoms with Crippen LogP contribution in [0.15, 0.2) is 23.8 Å². The maximum atomic E-state index is 11.2. The van der Waals surface area contributed by atoms with Crippen LogP contribution >= 0.6 is 0 Å². The number of allylic oxidation sites excluding steroid dienone is 2. The average Bonchev–Trinajstić information content (AvgIpc) is 2.98. The normalized spacial score (nSPS) is 49.5. The molecule has 2 nitrogen and oxygen atoms in total. The van der Waals surface area contributed by atoms with E-state index in [1.165, 1.54) is 31.3 Å². The van der Waals surface area contributed by atoms with E-state index in [0.29, 0.717) is 35.0 Å². The van der Waals surface area contributed by atoms with Crippen molar-refractivity contribution in [2.24, 2.45) is 46.3 Å². The standard InChI is InChI=1S/C26H42O2/c1-16(2)6-7-17(3)20-8-9-21-24-22(11-13-26(20,21)5)25(4)12-10-19(27)14-18(25)15-23(24)28/h6-7,15-17,19-24,27-28H,8-14H2,1-5H3/b7-6+/t17-,19+,20-,21+,22+,23+,24+,25+,26-/m1/s1. The van der Waals surface area contributed by atoms with E-state index in [4.69, 9.17) is 0 Å². The summed E-state index contributed by atoms with van der Waals surface area (Å²) >= 11 is 0. The number of fused-ring (bicyclic) bond motifs is 5. The Balaban J connectivity index is 1.62. The molecule has 3 saturated carbocycles. The highest BCUT2D eigenvalue weighted by atomic mass is 16.3. The van der Waals surface area contributed by atoms with E-state index in [0.717, 1.165) is 25.2 Å². The van der Waals surface area contributed by atoms with Crippen molar-refractivity contribution in [2.45, 2.75) is 91.8 Å². The zero-order valence-electron chi connectivity index (χ0n) is 18.7. The summed E-state index contributed by atoms with van der Waals surface area (Å²) in [7, 11) is 0. The van der Waals surface area contributed by atoms with Crippen LogP contribution in [0.5, 0.6) is 0 Å². The lowest BCUT2D eigenvalue weighted by Crippen LogP contribution is -2.54. The van der Waals surface area contributed by atoms with Crippen molar-refractivity contribution < 1.29 is 10.2 Å². The van der Waals surface area contributed by atoms with Crippen LogP contribution in [0.1, 0.15) is 79.6 Å². The SMILES string of the molecule is CC(C)/C=C/[C@@H](C)[C@H]1CC[C@H]2[C@@H]3[C@@H](O)C=C4C[C@@H](O)CC[C@]4(C)[C@H]3CC[C@]12C. The van der Waals surface area contributed by atoms with Crippen molar-refractivity contribution in [3.63, 3.8) is 0 Å². The third-order valence-electron chi connectivity index (χ3n) is 9.61. The highest BCUT2D eigenvalue weighted by Gasteiger charge is 2.60. The van der Waals surface area contributed by atoms with Crippen LogP contribution in [0.3, 0.4) is 0 Å². The molecule has 2 heteroatoms. The first kappa shape index (κ1) is 20.7. The van der Waals surface area contributed by atoms with Gasteiger partial charge in [0.05, 0.1) is 12.2 Å². The van der Waals surface area contributed by atoms with Gasteiger partial charge in [0.2, 0.25) is 0 Å². The van der Waals surface area contributed by atoms with Crippen molar-refractivity contribution in [1.29, 1.82) is 0 Å². The molecule has 0 heterocycles. The Morgan fingerprint density at radius 2 is 1.71 bits per heavy atom. The van der Waals surface area contributed by atoms with Crippen molar-refractivity contribution in [2.75, 3.05) is 0 Å². The van der Waals surface area contributed by atoms with Crippen LogP contribution in [0.4, 0.5) is 0 Å². The van der Waals surface area contributed by atoms with Crippen molar-refractivity contribution in [3.8, 4) is 0 Å². The van der Waals surface area contributed by atoms with Crippen molar-refractivity contribution in [3.05, 3.63) is 23.8 Å². The smallest absolute Gasteiger partial charge is 0.0757 e. The number of hydrogen-bond acceptors (Lipinski definition) is 2. The van der Waals surface area contributed by atoms with Crippen molar-refractivity contribution >= 4 is 0 Å². The lowest BCUT2D eigenvalue weighted by Gasteiger charge is -2.59. The maximum Gasteiger partial charge on any atom is 0.0757 e. The lowest BCUT2D eigenvalue weighted by atomic mass is 9.46.